The number of hydrogen-bond donors (Lipinski definition) is 1. The maximum atomic E-state index is 12.7. The summed E-state index contributed by atoms with van der Waals surface area (Å²) in [4.78, 5) is 0. The van der Waals surface area contributed by atoms with E-state index in [1.807, 2.05) is 6.07 Å². The third-order valence-corrected chi connectivity index (χ3v) is 3.57. The summed E-state index contributed by atoms with van der Waals surface area (Å²) in [5, 5.41) is 22.2. The van der Waals surface area contributed by atoms with Crippen LogP contribution < -0.4 is 0 Å². The zero-order chi connectivity index (χ0) is 19.0. The van der Waals surface area contributed by atoms with E-state index >= 15 is 0 Å². The summed E-state index contributed by atoms with van der Waals surface area (Å²) in [7, 11) is 1.56. The molecular weight excluding hydrogens is 352 g/mol. The number of benzene rings is 1. The highest BCUT2D eigenvalue weighted by Crippen LogP contribution is 2.45. The predicted octanol–water partition coefficient (Wildman–Crippen LogP) is 3.36. The fourth-order valence-corrected chi connectivity index (χ4v) is 2.22. The molecular formula is C15H11F6N3O. The van der Waals surface area contributed by atoms with Gasteiger partial charge in [0, 0.05) is 25.2 Å². The number of aromatic nitrogens is 2. The molecule has 0 aliphatic heterocycles. The highest BCUT2D eigenvalue weighted by Gasteiger charge is 2.70. The molecule has 0 aliphatic carbocycles. The Kier molecular flexibility index (Phi) is 4.57. The summed E-state index contributed by atoms with van der Waals surface area (Å²) in [5.74, 6) is 0. The Balaban J connectivity index is 2.36. The largest absolute Gasteiger partial charge is 0.426 e. The molecule has 1 heterocycles. The van der Waals surface area contributed by atoms with Crippen LogP contribution in [0, 0.1) is 11.3 Å². The first-order chi connectivity index (χ1) is 11.4. The van der Waals surface area contributed by atoms with E-state index in [4.69, 9.17) is 5.26 Å². The Hall–Kier alpha value is -2.54. The summed E-state index contributed by atoms with van der Waals surface area (Å²) in [5.41, 5.74) is -4.40. The first kappa shape index (κ1) is 18.8. The van der Waals surface area contributed by atoms with Gasteiger partial charge in [0.25, 0.3) is 5.60 Å². The van der Waals surface area contributed by atoms with Crippen LogP contribution in [0.15, 0.2) is 30.5 Å². The number of nitrogens with zero attached hydrogens (tertiary/aromatic N) is 3. The van der Waals surface area contributed by atoms with Gasteiger partial charge in [0.2, 0.25) is 0 Å². The van der Waals surface area contributed by atoms with Crippen LogP contribution in [0.4, 0.5) is 26.3 Å². The smallest absolute Gasteiger partial charge is 0.373 e. The second kappa shape index (κ2) is 6.07. The first-order valence-corrected chi connectivity index (χ1v) is 6.78. The zero-order valence-corrected chi connectivity index (χ0v) is 12.7. The molecule has 0 unspecified atom stereocenters. The third-order valence-electron chi connectivity index (χ3n) is 3.57. The van der Waals surface area contributed by atoms with Crippen LogP contribution in [-0.2, 0) is 13.5 Å². The second-order valence-corrected chi connectivity index (χ2v) is 5.41. The van der Waals surface area contributed by atoms with Gasteiger partial charge in [-0.1, -0.05) is 24.3 Å². The Morgan fingerprint density at radius 2 is 1.60 bits per heavy atom. The number of aryl methyl sites for hydroxylation is 1. The highest BCUT2D eigenvalue weighted by molar-refractivity contribution is 5.66. The number of hydrogen-bond acceptors (Lipinski definition) is 3. The van der Waals surface area contributed by atoms with Crippen molar-refractivity contribution < 1.29 is 31.4 Å². The van der Waals surface area contributed by atoms with Crippen molar-refractivity contribution in [3.8, 4) is 17.3 Å². The maximum absolute atomic E-state index is 12.7. The second-order valence-electron chi connectivity index (χ2n) is 5.41. The van der Waals surface area contributed by atoms with E-state index in [-0.39, 0.29) is 16.8 Å². The molecule has 0 saturated heterocycles. The third kappa shape index (κ3) is 3.46. The van der Waals surface area contributed by atoms with Crippen LogP contribution in [0.3, 0.4) is 0 Å². The summed E-state index contributed by atoms with van der Waals surface area (Å²) in [6, 6.07) is 6.41. The minimum absolute atomic E-state index is 0.206. The number of halogens is 6. The summed E-state index contributed by atoms with van der Waals surface area (Å²) >= 11 is 0. The predicted molar refractivity (Wildman–Crippen MR) is 74.1 cm³/mol. The van der Waals surface area contributed by atoms with Gasteiger partial charge in [0.05, 0.1) is 5.56 Å². The van der Waals surface area contributed by atoms with Gasteiger partial charge < -0.3 is 5.11 Å². The molecule has 0 radical (unpaired) electrons. The fraction of sp³-hybridized carbons (Fsp3) is 0.333. The number of nitriles is 1. The Morgan fingerprint density at radius 1 is 1.08 bits per heavy atom. The molecule has 4 nitrogen and oxygen atoms in total. The quantitative estimate of drug-likeness (QED) is 0.851. The molecule has 1 aromatic heterocycles. The van der Waals surface area contributed by atoms with Crippen molar-refractivity contribution in [3.05, 3.63) is 41.6 Å². The Bertz CT molecular complexity index is 785. The van der Waals surface area contributed by atoms with Crippen molar-refractivity contribution in [3.63, 3.8) is 0 Å². The van der Waals surface area contributed by atoms with Gasteiger partial charge in [-0.05, 0) is 5.56 Å². The van der Waals surface area contributed by atoms with E-state index in [0.717, 1.165) is 12.1 Å². The molecule has 0 spiro atoms. The molecule has 1 aromatic carbocycles. The van der Waals surface area contributed by atoms with E-state index in [9.17, 15) is 31.4 Å². The van der Waals surface area contributed by atoms with E-state index in [1.54, 1.807) is 7.05 Å². The first-order valence-electron chi connectivity index (χ1n) is 6.78. The lowest BCUT2D eigenvalue weighted by atomic mass is 9.92. The van der Waals surface area contributed by atoms with E-state index in [0.29, 0.717) is 5.56 Å². The SMILES string of the molecule is Cn1cc(C#N)c(-c2ccc(CC(O)(C(F)(F)F)C(F)(F)F)cc2)n1. The van der Waals surface area contributed by atoms with Crippen LogP contribution in [0.2, 0.25) is 0 Å². The van der Waals surface area contributed by atoms with Crippen LogP contribution in [0.25, 0.3) is 11.3 Å². The lowest BCUT2D eigenvalue weighted by Crippen LogP contribution is -2.58. The molecule has 25 heavy (non-hydrogen) atoms. The van der Waals surface area contributed by atoms with Gasteiger partial charge in [0.1, 0.15) is 11.8 Å². The van der Waals surface area contributed by atoms with E-state index < -0.39 is 24.4 Å². The zero-order valence-electron chi connectivity index (χ0n) is 12.7. The molecule has 0 fully saturated rings. The topological polar surface area (TPSA) is 61.8 Å². The number of rotatable bonds is 3. The van der Waals surface area contributed by atoms with Crippen LogP contribution >= 0.6 is 0 Å². The normalized spacial score (nSPS) is 12.9. The molecule has 10 heteroatoms. The van der Waals surface area contributed by atoms with Crippen LogP contribution in [0.5, 0.6) is 0 Å². The van der Waals surface area contributed by atoms with E-state index in [1.165, 1.54) is 23.0 Å². The van der Waals surface area contributed by atoms with Gasteiger partial charge >= 0.3 is 12.4 Å². The molecule has 0 saturated carbocycles. The van der Waals surface area contributed by atoms with Crippen molar-refractivity contribution in [2.24, 2.45) is 7.05 Å². The van der Waals surface area contributed by atoms with Gasteiger partial charge in [-0.3, -0.25) is 4.68 Å². The minimum Gasteiger partial charge on any atom is -0.373 e. The standard InChI is InChI=1S/C15H11F6N3O/c1-24-8-11(7-22)12(23-24)10-4-2-9(3-5-10)6-13(25,14(16,17)18)15(19,20)21/h2-5,8,25H,6H2,1H3. The minimum atomic E-state index is -5.88. The lowest BCUT2D eigenvalue weighted by Gasteiger charge is -2.32. The monoisotopic (exact) mass is 363 g/mol. The number of aliphatic hydroxyl groups is 1. The fourth-order valence-electron chi connectivity index (χ4n) is 2.22. The Labute approximate surface area is 137 Å². The maximum Gasteiger partial charge on any atom is 0.426 e. The summed E-state index contributed by atoms with van der Waals surface area (Å²) < 4.78 is 77.6. The van der Waals surface area contributed by atoms with Crippen molar-refractivity contribution >= 4 is 0 Å². The summed E-state index contributed by atoms with van der Waals surface area (Å²) in [6.07, 6.45) is -12.0. The van der Waals surface area contributed by atoms with Gasteiger partial charge in [0.15, 0.2) is 0 Å². The van der Waals surface area contributed by atoms with Crippen molar-refractivity contribution in [1.29, 1.82) is 5.26 Å². The van der Waals surface area contributed by atoms with Crippen molar-refractivity contribution in [1.82, 2.24) is 9.78 Å². The molecule has 2 aromatic rings. The summed E-state index contributed by atoms with van der Waals surface area (Å²) in [6.45, 7) is 0. The van der Waals surface area contributed by atoms with Crippen molar-refractivity contribution in [2.75, 3.05) is 0 Å². The van der Waals surface area contributed by atoms with E-state index in [2.05, 4.69) is 5.10 Å². The Morgan fingerprint density at radius 3 is 2.04 bits per heavy atom. The molecule has 2 rings (SSSR count). The average molecular weight is 363 g/mol. The van der Waals surface area contributed by atoms with Gasteiger partial charge in [-0.25, -0.2) is 0 Å². The molecule has 0 amide bonds. The van der Waals surface area contributed by atoms with Gasteiger partial charge in [-0.15, -0.1) is 0 Å². The van der Waals surface area contributed by atoms with Crippen LogP contribution in [-0.4, -0.2) is 32.8 Å². The number of alkyl halides is 6. The molecule has 0 bridgehead atoms. The molecule has 0 aliphatic rings. The highest BCUT2D eigenvalue weighted by atomic mass is 19.4. The van der Waals surface area contributed by atoms with Gasteiger partial charge in [-0.2, -0.15) is 36.7 Å². The average Bonchev–Trinajstić information content (AvgIpc) is 2.86. The molecule has 1 N–H and O–H groups in total. The van der Waals surface area contributed by atoms with Crippen molar-refractivity contribution in [2.45, 2.75) is 24.4 Å². The molecule has 0 atom stereocenters. The lowest BCUT2D eigenvalue weighted by molar-refractivity contribution is -0.367. The molecule has 134 valence electrons. The van der Waals surface area contributed by atoms with Crippen LogP contribution in [0.1, 0.15) is 11.1 Å².